The molecule has 1 heterocycles. The Morgan fingerprint density at radius 1 is 0.652 bits per heavy atom. The fourth-order valence-electron chi connectivity index (χ4n) is 5.40. The van der Waals surface area contributed by atoms with Gasteiger partial charge in [0, 0.05) is 12.8 Å². The van der Waals surface area contributed by atoms with Gasteiger partial charge in [0.1, 0.15) is 31.0 Å². The summed E-state index contributed by atoms with van der Waals surface area (Å²) in [5.41, 5.74) is 0. The van der Waals surface area contributed by atoms with Crippen LogP contribution in [0.1, 0.15) is 149 Å². The van der Waals surface area contributed by atoms with Gasteiger partial charge in [-0.05, 0) is 32.1 Å². The van der Waals surface area contributed by atoms with E-state index in [4.69, 9.17) is 18.9 Å². The summed E-state index contributed by atoms with van der Waals surface area (Å²) in [4.78, 5) is 25.0. The van der Waals surface area contributed by atoms with E-state index in [0.29, 0.717) is 6.42 Å². The number of esters is 2. The minimum absolute atomic E-state index is 0.218. The van der Waals surface area contributed by atoms with Gasteiger partial charge in [-0.2, -0.15) is 0 Å². The lowest BCUT2D eigenvalue weighted by Crippen LogP contribution is -2.59. The van der Waals surface area contributed by atoms with E-state index in [1.54, 1.807) is 0 Å². The summed E-state index contributed by atoms with van der Waals surface area (Å²) < 4.78 is 22.0. The third-order valence-electron chi connectivity index (χ3n) is 8.40. The van der Waals surface area contributed by atoms with Crippen LogP contribution in [0.4, 0.5) is 0 Å². The minimum atomic E-state index is -1.59. The van der Waals surface area contributed by atoms with E-state index < -0.39 is 49.4 Å². The van der Waals surface area contributed by atoms with E-state index >= 15 is 0 Å². The standard InChI is InChI=1S/C36H66O10/c1-3-5-7-9-11-13-15-17-18-20-22-24-31(38)43-27-29(28-44-36-35(42)34(41)33(40)30(26-37)46-36)45-32(39)25-23-21-19-16-14-12-10-8-6-4-2/h9,11,29-30,33-37,40-42H,3-8,10,12-28H2,1-2H3/b11-9+/t29-,30-,33+,34?,35?,36-/m1/s1. The minimum Gasteiger partial charge on any atom is -0.462 e. The van der Waals surface area contributed by atoms with Crippen molar-refractivity contribution >= 4 is 11.9 Å². The molecule has 1 aliphatic rings. The molecule has 0 aromatic rings. The van der Waals surface area contributed by atoms with Gasteiger partial charge in [0.15, 0.2) is 12.4 Å². The summed E-state index contributed by atoms with van der Waals surface area (Å²) >= 11 is 0. The highest BCUT2D eigenvalue weighted by Crippen LogP contribution is 2.22. The second kappa shape index (κ2) is 28.5. The molecule has 1 aliphatic heterocycles. The van der Waals surface area contributed by atoms with Gasteiger partial charge < -0.3 is 39.4 Å². The number of aliphatic hydroxyl groups excluding tert-OH is 4. The van der Waals surface area contributed by atoms with Gasteiger partial charge in [0.25, 0.3) is 0 Å². The molecule has 1 fully saturated rings. The zero-order chi connectivity index (χ0) is 33.8. The summed E-state index contributed by atoms with van der Waals surface area (Å²) in [7, 11) is 0. The Morgan fingerprint density at radius 2 is 1.17 bits per heavy atom. The molecule has 270 valence electrons. The lowest BCUT2D eigenvalue weighted by Gasteiger charge is -2.39. The number of carbonyl (C=O) groups is 2. The lowest BCUT2D eigenvalue weighted by molar-refractivity contribution is -0.305. The van der Waals surface area contributed by atoms with E-state index in [9.17, 15) is 30.0 Å². The van der Waals surface area contributed by atoms with Crippen LogP contribution in [-0.4, -0.2) is 89.0 Å². The Bertz CT molecular complexity index is 774. The average molecular weight is 659 g/mol. The van der Waals surface area contributed by atoms with Crippen LogP contribution in [0.25, 0.3) is 0 Å². The number of carbonyl (C=O) groups excluding carboxylic acids is 2. The van der Waals surface area contributed by atoms with Crippen molar-refractivity contribution in [2.45, 2.75) is 185 Å². The molecule has 0 spiro atoms. The topological polar surface area (TPSA) is 152 Å². The summed E-state index contributed by atoms with van der Waals surface area (Å²) in [6, 6.07) is 0. The van der Waals surface area contributed by atoms with Gasteiger partial charge in [-0.1, -0.05) is 116 Å². The molecule has 46 heavy (non-hydrogen) atoms. The number of hydrogen-bond acceptors (Lipinski definition) is 10. The predicted octanol–water partition coefficient (Wildman–Crippen LogP) is 6.05. The monoisotopic (exact) mass is 658 g/mol. The Morgan fingerprint density at radius 3 is 1.76 bits per heavy atom. The molecule has 0 saturated carbocycles. The highest BCUT2D eigenvalue weighted by atomic mass is 16.7. The van der Waals surface area contributed by atoms with E-state index in [2.05, 4.69) is 26.0 Å². The molecule has 0 amide bonds. The van der Waals surface area contributed by atoms with Gasteiger partial charge in [-0.15, -0.1) is 0 Å². The highest BCUT2D eigenvalue weighted by Gasteiger charge is 2.44. The number of allylic oxidation sites excluding steroid dienone is 2. The maximum Gasteiger partial charge on any atom is 0.306 e. The molecule has 0 bridgehead atoms. The molecule has 10 nitrogen and oxygen atoms in total. The number of ether oxygens (including phenoxy) is 4. The van der Waals surface area contributed by atoms with E-state index in [-0.39, 0.29) is 32.0 Å². The first-order valence-electron chi connectivity index (χ1n) is 18.3. The Kier molecular flexibility index (Phi) is 26.3. The molecule has 2 unspecified atom stereocenters. The molecule has 6 atom stereocenters. The molecule has 1 rings (SSSR count). The fourth-order valence-corrected chi connectivity index (χ4v) is 5.40. The maximum absolute atomic E-state index is 12.6. The molecule has 0 aromatic carbocycles. The van der Waals surface area contributed by atoms with Crippen LogP contribution in [-0.2, 0) is 28.5 Å². The van der Waals surface area contributed by atoms with Crippen molar-refractivity contribution in [3.05, 3.63) is 12.2 Å². The Hall–Kier alpha value is -1.56. The highest BCUT2D eigenvalue weighted by molar-refractivity contribution is 5.70. The van der Waals surface area contributed by atoms with Gasteiger partial charge >= 0.3 is 11.9 Å². The smallest absolute Gasteiger partial charge is 0.306 e. The van der Waals surface area contributed by atoms with Crippen molar-refractivity contribution in [1.82, 2.24) is 0 Å². The largest absolute Gasteiger partial charge is 0.462 e. The first-order valence-corrected chi connectivity index (χ1v) is 18.3. The second-order valence-electron chi connectivity index (χ2n) is 12.7. The van der Waals surface area contributed by atoms with Crippen LogP contribution in [0.5, 0.6) is 0 Å². The first kappa shape index (κ1) is 42.5. The van der Waals surface area contributed by atoms with Crippen molar-refractivity contribution in [3.63, 3.8) is 0 Å². The van der Waals surface area contributed by atoms with Crippen LogP contribution >= 0.6 is 0 Å². The third-order valence-corrected chi connectivity index (χ3v) is 8.40. The van der Waals surface area contributed by atoms with Crippen molar-refractivity contribution < 1.29 is 49.0 Å². The SMILES string of the molecule is CCCC/C=C/CCCCCCCC(=O)OC[C@H](CO[C@@H]1O[C@H](CO)[C@H](O)C(O)C1O)OC(=O)CCCCCCCCCCCC. The molecule has 0 radical (unpaired) electrons. The average Bonchev–Trinajstić information content (AvgIpc) is 3.05. The zero-order valence-corrected chi connectivity index (χ0v) is 28.8. The van der Waals surface area contributed by atoms with Crippen molar-refractivity contribution in [1.29, 1.82) is 0 Å². The quantitative estimate of drug-likeness (QED) is 0.0425. The molecular weight excluding hydrogens is 592 g/mol. The summed E-state index contributed by atoms with van der Waals surface area (Å²) in [6.07, 6.45) is 18.0. The van der Waals surface area contributed by atoms with Crippen LogP contribution in [0.2, 0.25) is 0 Å². The Labute approximate surface area is 278 Å². The van der Waals surface area contributed by atoms with Crippen LogP contribution in [0, 0.1) is 0 Å². The van der Waals surface area contributed by atoms with Gasteiger partial charge in [-0.25, -0.2) is 0 Å². The van der Waals surface area contributed by atoms with Crippen molar-refractivity contribution in [3.8, 4) is 0 Å². The zero-order valence-electron chi connectivity index (χ0n) is 28.8. The van der Waals surface area contributed by atoms with E-state index in [1.807, 2.05) is 0 Å². The van der Waals surface area contributed by atoms with Crippen LogP contribution in [0.15, 0.2) is 12.2 Å². The van der Waals surface area contributed by atoms with Crippen molar-refractivity contribution in [2.75, 3.05) is 19.8 Å². The van der Waals surface area contributed by atoms with Crippen LogP contribution in [0.3, 0.4) is 0 Å². The summed E-state index contributed by atoms with van der Waals surface area (Å²) in [6.45, 7) is 3.33. The van der Waals surface area contributed by atoms with Gasteiger partial charge in [0.2, 0.25) is 0 Å². The summed E-state index contributed by atoms with van der Waals surface area (Å²) in [5, 5.41) is 39.8. The van der Waals surface area contributed by atoms with E-state index in [1.165, 1.54) is 51.4 Å². The predicted molar refractivity (Wildman–Crippen MR) is 178 cm³/mol. The number of unbranched alkanes of at least 4 members (excludes halogenated alkanes) is 16. The maximum atomic E-state index is 12.6. The Balaban J connectivity index is 2.43. The molecule has 0 aliphatic carbocycles. The number of hydrogen-bond donors (Lipinski definition) is 4. The molecule has 10 heteroatoms. The van der Waals surface area contributed by atoms with Crippen molar-refractivity contribution in [2.24, 2.45) is 0 Å². The normalized spacial score (nSPS) is 22.3. The second-order valence-corrected chi connectivity index (χ2v) is 12.7. The van der Waals surface area contributed by atoms with Gasteiger partial charge in [-0.3, -0.25) is 9.59 Å². The van der Waals surface area contributed by atoms with Gasteiger partial charge in [0.05, 0.1) is 13.2 Å². The van der Waals surface area contributed by atoms with E-state index in [0.717, 1.165) is 64.2 Å². The number of aliphatic hydroxyl groups is 4. The first-order chi connectivity index (χ1) is 22.3. The summed E-state index contributed by atoms with van der Waals surface area (Å²) in [5.74, 6) is -0.819. The fraction of sp³-hybridized carbons (Fsp3) is 0.889. The van der Waals surface area contributed by atoms with Crippen LogP contribution < -0.4 is 0 Å². The number of rotatable bonds is 29. The molecular formula is C36H66O10. The lowest BCUT2D eigenvalue weighted by atomic mass is 9.99. The molecule has 0 aromatic heterocycles. The third kappa shape index (κ3) is 20.6. The molecule has 4 N–H and O–H groups in total. The molecule has 1 saturated heterocycles.